The predicted octanol–water partition coefficient (Wildman–Crippen LogP) is 0.163. The molecule has 3 amide bonds. The molecule has 0 saturated carbocycles. The lowest BCUT2D eigenvalue weighted by atomic mass is 10.2. The zero-order valence-electron chi connectivity index (χ0n) is 16.5. The van der Waals surface area contributed by atoms with Crippen LogP contribution < -0.4 is 10.6 Å². The van der Waals surface area contributed by atoms with E-state index in [9.17, 15) is 18.0 Å². The first-order chi connectivity index (χ1) is 13.9. The average Bonchev–Trinajstić information content (AvgIpc) is 2.75. The summed E-state index contributed by atoms with van der Waals surface area (Å²) in [5.41, 5.74) is 1.10. The molecule has 0 unspecified atom stereocenters. The Morgan fingerprint density at radius 2 is 1.55 bits per heavy atom. The molecule has 0 aromatic heterocycles. The third-order valence-corrected chi connectivity index (χ3v) is 6.92. The van der Waals surface area contributed by atoms with Crippen LogP contribution in [0.2, 0.25) is 0 Å². The lowest BCUT2D eigenvalue weighted by molar-refractivity contribution is 0.0691. The Kier molecular flexibility index (Phi) is 7.06. The molecule has 29 heavy (non-hydrogen) atoms. The van der Waals surface area contributed by atoms with Crippen LogP contribution in [0, 0.1) is 0 Å². The van der Waals surface area contributed by atoms with Crippen molar-refractivity contribution in [1.82, 2.24) is 18.8 Å². The number of nitrogens with zero attached hydrogens (tertiary/aromatic N) is 3. The summed E-state index contributed by atoms with van der Waals surface area (Å²) in [6.45, 7) is 5.04. The van der Waals surface area contributed by atoms with Crippen molar-refractivity contribution in [1.29, 1.82) is 0 Å². The summed E-state index contributed by atoms with van der Waals surface area (Å²) in [5.74, 6) is -0.164. The molecule has 0 radical (unpaired) electrons. The molecule has 2 N–H and O–H groups in total. The van der Waals surface area contributed by atoms with Crippen molar-refractivity contribution in [2.45, 2.75) is 6.92 Å². The van der Waals surface area contributed by atoms with Gasteiger partial charge in [0.1, 0.15) is 0 Å². The summed E-state index contributed by atoms with van der Waals surface area (Å²) >= 11 is 0. The maximum Gasteiger partial charge on any atom is 0.321 e. The standard InChI is InChI=1S/C18H27N5O5S/c1-2-19-17(24)15-3-5-16(6-4-15)20-18(25)21-7-9-22(10-8-21)29(26,27)23-11-13-28-14-12-23/h3-6H,2,7-14H2,1H3,(H,19,24)(H,20,25). The SMILES string of the molecule is CCNC(=O)c1ccc(NC(=O)N2CCN(S(=O)(=O)N3CCOCC3)CC2)cc1. The summed E-state index contributed by atoms with van der Waals surface area (Å²) in [5, 5.41) is 5.50. The predicted molar refractivity (Wildman–Crippen MR) is 108 cm³/mol. The van der Waals surface area contributed by atoms with Crippen molar-refractivity contribution in [3.63, 3.8) is 0 Å². The molecule has 2 fully saturated rings. The first-order valence-electron chi connectivity index (χ1n) is 9.69. The number of anilines is 1. The minimum absolute atomic E-state index is 0.164. The first-order valence-corrected chi connectivity index (χ1v) is 11.1. The first kappa shape index (κ1) is 21.5. The van der Waals surface area contributed by atoms with Gasteiger partial charge in [-0.1, -0.05) is 0 Å². The fraction of sp³-hybridized carbons (Fsp3) is 0.556. The molecule has 1 aromatic carbocycles. The summed E-state index contributed by atoms with van der Waals surface area (Å²) in [7, 11) is -3.52. The molecular formula is C18H27N5O5S. The molecule has 2 heterocycles. The van der Waals surface area contributed by atoms with E-state index in [1.54, 1.807) is 29.2 Å². The van der Waals surface area contributed by atoms with Crippen LogP contribution in [0.3, 0.4) is 0 Å². The highest BCUT2D eigenvalue weighted by Gasteiger charge is 2.34. The third kappa shape index (κ3) is 5.24. The highest BCUT2D eigenvalue weighted by molar-refractivity contribution is 7.86. The molecule has 0 aliphatic carbocycles. The number of morpholine rings is 1. The van der Waals surface area contributed by atoms with E-state index < -0.39 is 10.2 Å². The van der Waals surface area contributed by atoms with Crippen molar-refractivity contribution in [3.05, 3.63) is 29.8 Å². The van der Waals surface area contributed by atoms with Crippen LogP contribution in [0.5, 0.6) is 0 Å². The zero-order valence-corrected chi connectivity index (χ0v) is 17.3. The molecule has 0 spiro atoms. The van der Waals surface area contributed by atoms with Crippen LogP contribution in [0.15, 0.2) is 24.3 Å². The highest BCUT2D eigenvalue weighted by atomic mass is 32.2. The van der Waals surface area contributed by atoms with E-state index in [4.69, 9.17) is 4.74 Å². The second-order valence-electron chi connectivity index (χ2n) is 6.77. The van der Waals surface area contributed by atoms with E-state index in [0.717, 1.165) is 0 Å². The van der Waals surface area contributed by atoms with Gasteiger partial charge in [-0.25, -0.2) is 4.79 Å². The Balaban J connectivity index is 1.51. The van der Waals surface area contributed by atoms with E-state index in [0.29, 0.717) is 57.2 Å². The van der Waals surface area contributed by atoms with Crippen molar-refractivity contribution in [2.24, 2.45) is 0 Å². The quantitative estimate of drug-likeness (QED) is 0.698. The van der Waals surface area contributed by atoms with Gasteiger partial charge in [0.05, 0.1) is 13.2 Å². The summed E-state index contributed by atoms with van der Waals surface area (Å²) in [6.07, 6.45) is 0. The fourth-order valence-electron chi connectivity index (χ4n) is 3.23. The lowest BCUT2D eigenvalue weighted by Gasteiger charge is -2.37. The van der Waals surface area contributed by atoms with Gasteiger partial charge in [-0.05, 0) is 31.2 Å². The number of piperazine rings is 1. The van der Waals surface area contributed by atoms with Crippen LogP contribution in [0.4, 0.5) is 10.5 Å². The molecule has 0 bridgehead atoms. The normalized spacial score (nSPS) is 19.0. The molecule has 3 rings (SSSR count). The summed E-state index contributed by atoms with van der Waals surface area (Å²) < 4.78 is 33.4. The number of amides is 3. The number of hydrogen-bond acceptors (Lipinski definition) is 5. The zero-order chi connectivity index (χ0) is 20.9. The van der Waals surface area contributed by atoms with Crippen LogP contribution in [0.25, 0.3) is 0 Å². The Hall–Kier alpha value is -2.21. The van der Waals surface area contributed by atoms with Crippen LogP contribution in [-0.4, -0.2) is 92.9 Å². The Morgan fingerprint density at radius 1 is 0.966 bits per heavy atom. The molecule has 10 nitrogen and oxygen atoms in total. The topological polar surface area (TPSA) is 111 Å². The maximum atomic E-state index is 12.7. The van der Waals surface area contributed by atoms with Gasteiger partial charge in [0, 0.05) is 57.1 Å². The van der Waals surface area contributed by atoms with Crippen molar-refractivity contribution in [3.8, 4) is 0 Å². The van der Waals surface area contributed by atoms with Gasteiger partial charge in [0.15, 0.2) is 0 Å². The van der Waals surface area contributed by atoms with Gasteiger partial charge in [-0.2, -0.15) is 17.0 Å². The minimum Gasteiger partial charge on any atom is -0.379 e. The number of benzene rings is 1. The van der Waals surface area contributed by atoms with E-state index in [-0.39, 0.29) is 25.0 Å². The molecule has 0 atom stereocenters. The van der Waals surface area contributed by atoms with Crippen LogP contribution in [0.1, 0.15) is 17.3 Å². The van der Waals surface area contributed by atoms with Gasteiger partial charge in [0.25, 0.3) is 16.1 Å². The monoisotopic (exact) mass is 425 g/mol. The maximum absolute atomic E-state index is 12.7. The average molecular weight is 426 g/mol. The number of carbonyl (C=O) groups is 2. The molecular weight excluding hydrogens is 398 g/mol. The van der Waals surface area contributed by atoms with Gasteiger partial charge in [-0.15, -0.1) is 0 Å². The number of ether oxygens (including phenoxy) is 1. The van der Waals surface area contributed by atoms with Gasteiger partial charge >= 0.3 is 6.03 Å². The molecule has 2 aliphatic rings. The number of urea groups is 1. The minimum atomic E-state index is -3.52. The number of nitrogens with one attached hydrogen (secondary N) is 2. The van der Waals surface area contributed by atoms with E-state index >= 15 is 0 Å². The molecule has 160 valence electrons. The van der Waals surface area contributed by atoms with E-state index in [1.165, 1.54) is 8.61 Å². The van der Waals surface area contributed by atoms with E-state index in [2.05, 4.69) is 10.6 Å². The van der Waals surface area contributed by atoms with Crippen LogP contribution in [-0.2, 0) is 14.9 Å². The second kappa shape index (κ2) is 9.53. The van der Waals surface area contributed by atoms with Gasteiger partial charge in [-0.3, -0.25) is 4.79 Å². The molecule has 2 aliphatic heterocycles. The summed E-state index contributed by atoms with van der Waals surface area (Å²) in [4.78, 5) is 25.9. The third-order valence-electron chi connectivity index (χ3n) is 4.88. The largest absolute Gasteiger partial charge is 0.379 e. The molecule has 11 heteroatoms. The Bertz CT molecular complexity index is 816. The fourth-order valence-corrected chi connectivity index (χ4v) is 4.79. The smallest absolute Gasteiger partial charge is 0.321 e. The number of hydrogen-bond donors (Lipinski definition) is 2. The number of rotatable bonds is 5. The molecule has 1 aromatic rings. The van der Waals surface area contributed by atoms with Crippen molar-refractivity contribution < 1.29 is 22.7 Å². The van der Waals surface area contributed by atoms with Crippen LogP contribution >= 0.6 is 0 Å². The van der Waals surface area contributed by atoms with Gasteiger partial charge in [0.2, 0.25) is 0 Å². The number of carbonyl (C=O) groups excluding carboxylic acids is 2. The summed E-state index contributed by atoms with van der Waals surface area (Å²) in [6, 6.07) is 6.34. The Morgan fingerprint density at radius 3 is 2.14 bits per heavy atom. The second-order valence-corrected chi connectivity index (χ2v) is 8.70. The van der Waals surface area contributed by atoms with Crippen molar-refractivity contribution >= 4 is 27.8 Å². The van der Waals surface area contributed by atoms with Gasteiger partial charge < -0.3 is 20.3 Å². The lowest BCUT2D eigenvalue weighted by Crippen LogP contribution is -2.56. The highest BCUT2D eigenvalue weighted by Crippen LogP contribution is 2.15. The molecule has 2 saturated heterocycles. The van der Waals surface area contributed by atoms with E-state index in [1.807, 2.05) is 6.92 Å². The van der Waals surface area contributed by atoms with Crippen molar-refractivity contribution in [2.75, 3.05) is 64.3 Å². The Labute approximate surface area is 171 Å².